The van der Waals surface area contributed by atoms with E-state index in [9.17, 15) is 0 Å². The van der Waals surface area contributed by atoms with Gasteiger partial charge in [-0.15, -0.1) is 0 Å². The predicted octanol–water partition coefficient (Wildman–Crippen LogP) is 1.61. The topological polar surface area (TPSA) is 45.5 Å². The molecule has 0 aliphatic rings. The van der Waals surface area contributed by atoms with Crippen molar-refractivity contribution >= 4 is 5.69 Å². The van der Waals surface area contributed by atoms with Crippen LogP contribution < -0.4 is 4.90 Å². The van der Waals surface area contributed by atoms with E-state index < -0.39 is 0 Å². The lowest BCUT2D eigenvalue weighted by molar-refractivity contribution is -0.0944. The highest BCUT2D eigenvalue weighted by molar-refractivity contribution is 5.49. The number of ether oxygens (including phenoxy) is 2. The van der Waals surface area contributed by atoms with Gasteiger partial charge in [0.25, 0.3) is 0 Å². The Labute approximate surface area is 96.0 Å². The van der Waals surface area contributed by atoms with Crippen LogP contribution in [0.2, 0.25) is 0 Å². The summed E-state index contributed by atoms with van der Waals surface area (Å²) in [6, 6.07) is 9.48. The molecule has 0 fully saturated rings. The third kappa shape index (κ3) is 3.23. The lowest BCUT2D eigenvalue weighted by Gasteiger charge is -2.23. The van der Waals surface area contributed by atoms with Crippen LogP contribution in [0, 0.1) is 11.3 Å². The first kappa shape index (κ1) is 12.5. The third-order valence-electron chi connectivity index (χ3n) is 2.39. The van der Waals surface area contributed by atoms with Gasteiger partial charge in [0, 0.05) is 27.0 Å². The Morgan fingerprint density at radius 2 is 1.81 bits per heavy atom. The molecule has 1 aromatic carbocycles. The molecule has 86 valence electrons. The number of hydrogen-bond acceptors (Lipinski definition) is 4. The standard InChI is InChI=1S/C12H16N2O2/c1-14(9-12(15-2)16-3)11-6-4-10(8-13)5-7-11/h4-7,12H,9H2,1-3H3. The maximum absolute atomic E-state index is 8.69. The van der Waals surface area contributed by atoms with E-state index in [0.29, 0.717) is 12.1 Å². The molecule has 16 heavy (non-hydrogen) atoms. The Hall–Kier alpha value is -1.57. The maximum Gasteiger partial charge on any atom is 0.174 e. The quantitative estimate of drug-likeness (QED) is 0.707. The number of likely N-dealkylation sites (N-methyl/N-ethyl adjacent to an activating group) is 1. The van der Waals surface area contributed by atoms with Crippen LogP contribution >= 0.6 is 0 Å². The SMILES string of the molecule is COC(CN(C)c1ccc(C#N)cc1)OC. The van der Waals surface area contributed by atoms with Crippen LogP contribution in [-0.4, -0.2) is 34.1 Å². The summed E-state index contributed by atoms with van der Waals surface area (Å²) in [5, 5.41) is 8.69. The molecule has 0 aliphatic heterocycles. The highest BCUT2D eigenvalue weighted by Gasteiger charge is 2.09. The van der Waals surface area contributed by atoms with E-state index in [4.69, 9.17) is 14.7 Å². The molecule has 0 amide bonds. The number of benzene rings is 1. The lowest BCUT2D eigenvalue weighted by Crippen LogP contribution is -2.31. The van der Waals surface area contributed by atoms with Crippen molar-refractivity contribution < 1.29 is 9.47 Å². The van der Waals surface area contributed by atoms with Crippen LogP contribution in [0.4, 0.5) is 5.69 Å². The first-order valence-electron chi connectivity index (χ1n) is 4.98. The molecule has 1 rings (SSSR count). The molecule has 0 aliphatic carbocycles. The summed E-state index contributed by atoms with van der Waals surface area (Å²) < 4.78 is 10.2. The van der Waals surface area contributed by atoms with Crippen LogP contribution in [-0.2, 0) is 9.47 Å². The van der Waals surface area contributed by atoms with Gasteiger partial charge >= 0.3 is 0 Å². The van der Waals surface area contributed by atoms with Crippen LogP contribution in [0.5, 0.6) is 0 Å². The molecule has 0 saturated heterocycles. The van der Waals surface area contributed by atoms with Crippen molar-refractivity contribution in [3.63, 3.8) is 0 Å². The molecule has 0 aromatic heterocycles. The maximum atomic E-state index is 8.69. The zero-order valence-corrected chi connectivity index (χ0v) is 9.80. The Bertz CT molecular complexity index is 352. The van der Waals surface area contributed by atoms with Gasteiger partial charge in [-0.05, 0) is 24.3 Å². The monoisotopic (exact) mass is 220 g/mol. The van der Waals surface area contributed by atoms with E-state index in [1.54, 1.807) is 26.4 Å². The molecular weight excluding hydrogens is 204 g/mol. The van der Waals surface area contributed by atoms with Crippen molar-refractivity contribution in [2.45, 2.75) is 6.29 Å². The summed E-state index contributed by atoms with van der Waals surface area (Å²) in [5.74, 6) is 0. The van der Waals surface area contributed by atoms with Gasteiger partial charge in [-0.2, -0.15) is 5.26 Å². The van der Waals surface area contributed by atoms with Crippen molar-refractivity contribution in [3.05, 3.63) is 29.8 Å². The van der Waals surface area contributed by atoms with E-state index >= 15 is 0 Å². The third-order valence-corrected chi connectivity index (χ3v) is 2.39. The summed E-state index contributed by atoms with van der Waals surface area (Å²) in [4.78, 5) is 2.01. The minimum Gasteiger partial charge on any atom is -0.369 e. The number of nitriles is 1. The number of hydrogen-bond donors (Lipinski definition) is 0. The zero-order chi connectivity index (χ0) is 12.0. The molecule has 0 spiro atoms. The molecule has 0 heterocycles. The minimum atomic E-state index is -0.249. The molecule has 0 unspecified atom stereocenters. The molecule has 0 bridgehead atoms. The highest BCUT2D eigenvalue weighted by atomic mass is 16.7. The molecule has 1 aromatic rings. The normalized spacial score (nSPS) is 10.2. The van der Waals surface area contributed by atoms with Crippen LogP contribution in [0.3, 0.4) is 0 Å². The Balaban J connectivity index is 2.65. The van der Waals surface area contributed by atoms with Crippen LogP contribution in [0.1, 0.15) is 5.56 Å². The van der Waals surface area contributed by atoms with Gasteiger partial charge in [-0.1, -0.05) is 0 Å². The second-order valence-electron chi connectivity index (χ2n) is 3.44. The average Bonchev–Trinajstić information content (AvgIpc) is 2.35. The largest absolute Gasteiger partial charge is 0.369 e. The van der Waals surface area contributed by atoms with Gasteiger partial charge in [0.1, 0.15) is 0 Å². The summed E-state index contributed by atoms with van der Waals surface area (Å²) in [6.07, 6.45) is -0.249. The van der Waals surface area contributed by atoms with Crippen molar-refractivity contribution in [2.75, 3.05) is 32.7 Å². The Morgan fingerprint density at radius 3 is 2.25 bits per heavy atom. The average molecular weight is 220 g/mol. The number of methoxy groups -OCH3 is 2. The minimum absolute atomic E-state index is 0.249. The predicted molar refractivity (Wildman–Crippen MR) is 62.2 cm³/mol. The molecule has 4 heteroatoms. The lowest BCUT2D eigenvalue weighted by atomic mass is 10.2. The van der Waals surface area contributed by atoms with Gasteiger partial charge in [-0.3, -0.25) is 0 Å². The van der Waals surface area contributed by atoms with Crippen molar-refractivity contribution in [3.8, 4) is 6.07 Å². The molecule has 4 nitrogen and oxygen atoms in total. The van der Waals surface area contributed by atoms with Gasteiger partial charge in [0.05, 0.1) is 18.2 Å². The molecule has 0 atom stereocenters. The summed E-state index contributed by atoms with van der Waals surface area (Å²) in [7, 11) is 5.17. The fraction of sp³-hybridized carbons (Fsp3) is 0.417. The van der Waals surface area contributed by atoms with E-state index in [-0.39, 0.29) is 6.29 Å². The number of nitrogens with zero attached hydrogens (tertiary/aromatic N) is 2. The van der Waals surface area contributed by atoms with Crippen LogP contribution in [0.15, 0.2) is 24.3 Å². The van der Waals surface area contributed by atoms with E-state index in [1.807, 2.05) is 24.1 Å². The zero-order valence-electron chi connectivity index (χ0n) is 9.80. The second kappa shape index (κ2) is 6.11. The van der Waals surface area contributed by atoms with Gasteiger partial charge in [-0.25, -0.2) is 0 Å². The smallest absolute Gasteiger partial charge is 0.174 e. The van der Waals surface area contributed by atoms with Gasteiger partial charge in [0.15, 0.2) is 6.29 Å². The summed E-state index contributed by atoms with van der Waals surface area (Å²) in [6.45, 7) is 0.638. The summed E-state index contributed by atoms with van der Waals surface area (Å²) in [5.41, 5.74) is 1.69. The molecular formula is C12H16N2O2. The fourth-order valence-electron chi connectivity index (χ4n) is 1.36. The number of rotatable bonds is 5. The second-order valence-corrected chi connectivity index (χ2v) is 3.44. The molecule has 0 radical (unpaired) electrons. The first-order chi connectivity index (χ1) is 7.71. The highest BCUT2D eigenvalue weighted by Crippen LogP contribution is 2.14. The van der Waals surface area contributed by atoms with E-state index in [1.165, 1.54) is 0 Å². The fourth-order valence-corrected chi connectivity index (χ4v) is 1.36. The van der Waals surface area contributed by atoms with Crippen molar-refractivity contribution in [2.24, 2.45) is 0 Å². The Morgan fingerprint density at radius 1 is 1.25 bits per heavy atom. The number of anilines is 1. The molecule has 0 saturated carbocycles. The first-order valence-corrected chi connectivity index (χ1v) is 4.98. The van der Waals surface area contributed by atoms with Crippen molar-refractivity contribution in [1.82, 2.24) is 0 Å². The van der Waals surface area contributed by atoms with E-state index in [0.717, 1.165) is 5.69 Å². The van der Waals surface area contributed by atoms with Crippen molar-refractivity contribution in [1.29, 1.82) is 5.26 Å². The summed E-state index contributed by atoms with van der Waals surface area (Å²) >= 11 is 0. The van der Waals surface area contributed by atoms with Gasteiger partial charge < -0.3 is 14.4 Å². The Kier molecular flexibility index (Phi) is 4.77. The van der Waals surface area contributed by atoms with Crippen LogP contribution in [0.25, 0.3) is 0 Å². The molecule has 0 N–H and O–H groups in total. The van der Waals surface area contributed by atoms with Gasteiger partial charge in [0.2, 0.25) is 0 Å². The van der Waals surface area contributed by atoms with E-state index in [2.05, 4.69) is 6.07 Å².